The standard InChI is InChI=1S/C23H28N4O2/c1-17-9-11-18(12-10-17)23-25-24-21(29-23)13-14-22(28)27-16-5-3-4-7-20(27)19-8-6-15-26(19)2/h6,8-12,15,20H,3-5,7,13-14,16H2,1-2H3. The number of carbonyl (C=O) groups excluding carboxylic acids is 1. The van der Waals surface area contributed by atoms with Crippen LogP contribution < -0.4 is 0 Å². The minimum atomic E-state index is 0.149. The first-order valence-corrected chi connectivity index (χ1v) is 10.4. The van der Waals surface area contributed by atoms with Crippen LogP contribution in [0.3, 0.4) is 0 Å². The van der Waals surface area contributed by atoms with Crippen LogP contribution in [-0.4, -0.2) is 32.1 Å². The van der Waals surface area contributed by atoms with Crippen molar-refractivity contribution >= 4 is 5.91 Å². The Morgan fingerprint density at radius 3 is 2.72 bits per heavy atom. The van der Waals surface area contributed by atoms with Gasteiger partial charge in [-0.1, -0.05) is 30.5 Å². The monoisotopic (exact) mass is 392 g/mol. The molecular formula is C23H28N4O2. The van der Waals surface area contributed by atoms with Gasteiger partial charge < -0.3 is 13.9 Å². The first-order valence-electron chi connectivity index (χ1n) is 10.4. The van der Waals surface area contributed by atoms with Crippen LogP contribution in [0, 0.1) is 6.92 Å². The van der Waals surface area contributed by atoms with Crippen molar-refractivity contribution in [1.82, 2.24) is 19.7 Å². The molecule has 1 aliphatic rings. The van der Waals surface area contributed by atoms with Gasteiger partial charge in [0.25, 0.3) is 0 Å². The summed E-state index contributed by atoms with van der Waals surface area (Å²) >= 11 is 0. The maximum absolute atomic E-state index is 13.1. The van der Waals surface area contributed by atoms with E-state index < -0.39 is 0 Å². The highest BCUT2D eigenvalue weighted by molar-refractivity contribution is 5.77. The molecular weight excluding hydrogens is 364 g/mol. The van der Waals surface area contributed by atoms with E-state index in [1.54, 1.807) is 0 Å². The highest BCUT2D eigenvalue weighted by Gasteiger charge is 2.28. The van der Waals surface area contributed by atoms with Gasteiger partial charge in [-0.05, 0) is 44.0 Å². The van der Waals surface area contributed by atoms with Crippen LogP contribution in [0.2, 0.25) is 0 Å². The van der Waals surface area contributed by atoms with Crippen LogP contribution >= 0.6 is 0 Å². The van der Waals surface area contributed by atoms with E-state index in [1.807, 2.05) is 50.5 Å². The lowest BCUT2D eigenvalue weighted by Crippen LogP contribution is -2.35. The fraction of sp³-hybridized carbons (Fsp3) is 0.435. The van der Waals surface area contributed by atoms with Crippen molar-refractivity contribution in [3.8, 4) is 11.5 Å². The maximum atomic E-state index is 13.1. The van der Waals surface area contributed by atoms with Gasteiger partial charge in [-0.2, -0.15) is 0 Å². The number of aryl methyl sites for hydroxylation is 3. The molecule has 0 aliphatic carbocycles. The van der Waals surface area contributed by atoms with Gasteiger partial charge in [-0.25, -0.2) is 0 Å². The normalized spacial score (nSPS) is 17.3. The SMILES string of the molecule is Cc1ccc(-c2nnc(CCC(=O)N3CCCCCC3c3cccn3C)o2)cc1. The fourth-order valence-corrected chi connectivity index (χ4v) is 4.06. The van der Waals surface area contributed by atoms with Gasteiger partial charge in [-0.3, -0.25) is 4.79 Å². The molecule has 0 spiro atoms. The highest BCUT2D eigenvalue weighted by Crippen LogP contribution is 2.31. The summed E-state index contributed by atoms with van der Waals surface area (Å²) in [7, 11) is 2.05. The topological polar surface area (TPSA) is 64.2 Å². The van der Waals surface area contributed by atoms with E-state index in [2.05, 4.69) is 25.7 Å². The number of carbonyl (C=O) groups is 1. The molecule has 152 valence electrons. The molecule has 1 aliphatic heterocycles. The molecule has 6 heteroatoms. The van der Waals surface area contributed by atoms with Crippen LogP contribution in [-0.2, 0) is 18.3 Å². The smallest absolute Gasteiger partial charge is 0.247 e. The summed E-state index contributed by atoms with van der Waals surface area (Å²) in [5.74, 6) is 1.18. The molecule has 29 heavy (non-hydrogen) atoms. The summed E-state index contributed by atoms with van der Waals surface area (Å²) in [6.45, 7) is 2.85. The third-order valence-electron chi connectivity index (χ3n) is 5.72. The Hall–Kier alpha value is -2.89. The van der Waals surface area contributed by atoms with E-state index in [-0.39, 0.29) is 11.9 Å². The van der Waals surface area contributed by atoms with E-state index in [9.17, 15) is 4.79 Å². The molecule has 0 radical (unpaired) electrons. The fourth-order valence-electron chi connectivity index (χ4n) is 4.06. The van der Waals surface area contributed by atoms with Gasteiger partial charge in [0.1, 0.15) is 0 Å². The van der Waals surface area contributed by atoms with Gasteiger partial charge in [-0.15, -0.1) is 10.2 Å². The van der Waals surface area contributed by atoms with Gasteiger partial charge >= 0.3 is 0 Å². The van der Waals surface area contributed by atoms with Crippen molar-refractivity contribution in [3.63, 3.8) is 0 Å². The number of benzene rings is 1. The molecule has 0 saturated carbocycles. The van der Waals surface area contributed by atoms with Crippen molar-refractivity contribution in [2.45, 2.75) is 51.5 Å². The van der Waals surface area contributed by atoms with Gasteiger partial charge in [0, 0.05) is 43.9 Å². The number of hydrogen-bond acceptors (Lipinski definition) is 4. The lowest BCUT2D eigenvalue weighted by molar-refractivity contribution is -0.133. The van der Waals surface area contributed by atoms with E-state index in [4.69, 9.17) is 4.42 Å². The zero-order chi connectivity index (χ0) is 20.2. The summed E-state index contributed by atoms with van der Waals surface area (Å²) in [6.07, 6.45) is 7.31. The Labute approximate surface area is 171 Å². The van der Waals surface area contributed by atoms with Crippen LogP contribution in [0.5, 0.6) is 0 Å². The Morgan fingerprint density at radius 2 is 1.97 bits per heavy atom. The molecule has 6 nitrogen and oxygen atoms in total. The van der Waals surface area contributed by atoms with Crippen LogP contribution in [0.1, 0.15) is 55.3 Å². The van der Waals surface area contributed by atoms with Crippen molar-refractivity contribution in [1.29, 1.82) is 0 Å². The van der Waals surface area contributed by atoms with Crippen LogP contribution in [0.4, 0.5) is 0 Å². The second-order valence-electron chi connectivity index (χ2n) is 7.86. The average molecular weight is 393 g/mol. The second kappa shape index (κ2) is 8.64. The molecule has 1 atom stereocenters. The Morgan fingerprint density at radius 1 is 1.14 bits per heavy atom. The number of nitrogens with zero attached hydrogens (tertiary/aromatic N) is 4. The highest BCUT2D eigenvalue weighted by atomic mass is 16.4. The minimum absolute atomic E-state index is 0.149. The molecule has 4 rings (SSSR count). The average Bonchev–Trinajstić information content (AvgIpc) is 3.29. The summed E-state index contributed by atoms with van der Waals surface area (Å²) in [5.41, 5.74) is 3.29. The van der Waals surface area contributed by atoms with Crippen LogP contribution in [0.25, 0.3) is 11.5 Å². The molecule has 2 aromatic heterocycles. The zero-order valence-corrected chi connectivity index (χ0v) is 17.2. The summed E-state index contributed by atoms with van der Waals surface area (Å²) in [6, 6.07) is 12.3. The van der Waals surface area contributed by atoms with Crippen LogP contribution in [0.15, 0.2) is 47.0 Å². The third kappa shape index (κ3) is 4.42. The Bertz CT molecular complexity index is 957. The zero-order valence-electron chi connectivity index (χ0n) is 17.2. The van der Waals surface area contributed by atoms with E-state index in [0.717, 1.165) is 31.4 Å². The van der Waals surface area contributed by atoms with Gasteiger partial charge in [0.2, 0.25) is 17.7 Å². The summed E-state index contributed by atoms with van der Waals surface area (Å²) in [5, 5.41) is 8.29. The predicted octanol–water partition coefficient (Wildman–Crippen LogP) is 4.46. The molecule has 1 amide bonds. The first kappa shape index (κ1) is 19.4. The van der Waals surface area contributed by atoms with E-state index in [1.165, 1.54) is 17.7 Å². The number of likely N-dealkylation sites (tertiary alicyclic amines) is 1. The lowest BCUT2D eigenvalue weighted by atomic mass is 10.1. The van der Waals surface area contributed by atoms with Crippen molar-refractivity contribution < 1.29 is 9.21 Å². The quantitative estimate of drug-likeness (QED) is 0.643. The summed E-state index contributed by atoms with van der Waals surface area (Å²) in [4.78, 5) is 15.1. The summed E-state index contributed by atoms with van der Waals surface area (Å²) < 4.78 is 7.92. The van der Waals surface area contributed by atoms with E-state index >= 15 is 0 Å². The molecule has 1 saturated heterocycles. The first-order chi connectivity index (χ1) is 14.1. The number of amides is 1. The molecule has 1 fully saturated rings. The van der Waals surface area contributed by atoms with Crippen molar-refractivity contribution in [3.05, 3.63) is 59.7 Å². The maximum Gasteiger partial charge on any atom is 0.247 e. The Kier molecular flexibility index (Phi) is 5.79. The number of aromatic nitrogens is 3. The molecule has 3 aromatic rings. The number of rotatable bonds is 5. The third-order valence-corrected chi connectivity index (χ3v) is 5.72. The van der Waals surface area contributed by atoms with E-state index in [0.29, 0.717) is 24.6 Å². The van der Waals surface area contributed by atoms with Gasteiger partial charge in [0.15, 0.2) is 0 Å². The van der Waals surface area contributed by atoms with Gasteiger partial charge in [0.05, 0.1) is 6.04 Å². The molecule has 3 heterocycles. The Balaban J connectivity index is 1.43. The number of hydrogen-bond donors (Lipinski definition) is 0. The van der Waals surface area contributed by atoms with Crippen molar-refractivity contribution in [2.75, 3.05) is 6.54 Å². The largest absolute Gasteiger partial charge is 0.421 e. The molecule has 0 bridgehead atoms. The second-order valence-corrected chi connectivity index (χ2v) is 7.86. The van der Waals surface area contributed by atoms with Crippen molar-refractivity contribution in [2.24, 2.45) is 7.05 Å². The minimum Gasteiger partial charge on any atom is -0.421 e. The molecule has 0 N–H and O–H groups in total. The lowest BCUT2D eigenvalue weighted by Gasteiger charge is -2.30. The molecule has 1 unspecified atom stereocenters. The molecule has 1 aromatic carbocycles. The predicted molar refractivity (Wildman–Crippen MR) is 111 cm³/mol.